The molecule has 14 heavy (non-hydrogen) atoms. The normalized spacial score (nSPS) is 12.7. The number of hydrogen-bond donors (Lipinski definition) is 2. The smallest absolute Gasteiger partial charge is 0.404 e. The van der Waals surface area contributed by atoms with Crippen LogP contribution >= 0.6 is 0 Å². The average Bonchev–Trinajstić information content (AvgIpc) is 2.52. The molecule has 0 saturated carbocycles. The highest BCUT2D eigenvalue weighted by atomic mass is 16.6. The third kappa shape index (κ3) is 3.15. The van der Waals surface area contributed by atoms with Crippen LogP contribution in [0, 0.1) is 10.1 Å². The quantitative estimate of drug-likeness (QED) is 0.538. The Morgan fingerprint density at radius 3 is 2.93 bits per heavy atom. The topological polar surface area (TPSA) is 88.5 Å². The van der Waals surface area contributed by atoms with Gasteiger partial charge in [0.1, 0.15) is 10.7 Å². The predicted molar refractivity (Wildman–Crippen MR) is 48.7 cm³/mol. The molecule has 0 unspecified atom stereocenters. The molecule has 1 aromatic rings. The lowest BCUT2D eigenvalue weighted by atomic mass is 10.4. The molecule has 6 heteroatoms. The average molecular weight is 200 g/mol. The monoisotopic (exact) mass is 200 g/mol. The number of nitrogens with zero attached hydrogens (tertiary/aromatic N) is 1. The summed E-state index contributed by atoms with van der Waals surface area (Å²) >= 11 is 0. The molecule has 1 heterocycles. The zero-order valence-electron chi connectivity index (χ0n) is 7.77. The zero-order valence-corrected chi connectivity index (χ0v) is 7.77. The Balaban J connectivity index is 2.40. The Kier molecular flexibility index (Phi) is 3.61. The number of furan rings is 1. The minimum atomic E-state index is -0.585. The lowest BCUT2D eigenvalue weighted by Crippen LogP contribution is -2.23. The molecule has 0 fully saturated rings. The van der Waals surface area contributed by atoms with Crippen LogP contribution in [-0.2, 0) is 6.54 Å². The molecule has 1 aromatic heterocycles. The molecular weight excluding hydrogens is 188 g/mol. The predicted octanol–water partition coefficient (Wildman–Crippen LogP) is 0.658. The lowest BCUT2D eigenvalue weighted by Gasteiger charge is -2.03. The van der Waals surface area contributed by atoms with Crippen molar-refractivity contribution in [2.24, 2.45) is 0 Å². The molecule has 0 amide bonds. The van der Waals surface area contributed by atoms with Gasteiger partial charge in [0, 0.05) is 6.54 Å². The fourth-order valence-electron chi connectivity index (χ4n) is 0.964. The fourth-order valence-corrected chi connectivity index (χ4v) is 0.964. The van der Waals surface area contributed by atoms with Gasteiger partial charge in [-0.3, -0.25) is 10.1 Å². The summed E-state index contributed by atoms with van der Waals surface area (Å²) in [5.74, 6) is 0.219. The van der Waals surface area contributed by atoms with E-state index in [1.54, 1.807) is 6.92 Å². The maximum atomic E-state index is 10.2. The number of nitro groups is 1. The van der Waals surface area contributed by atoms with E-state index in [1.165, 1.54) is 12.1 Å². The molecule has 1 rings (SSSR count). The summed E-state index contributed by atoms with van der Waals surface area (Å²) in [6, 6.07) is 2.84. The standard InChI is InChI=1S/C8H12N2O4/c1-6(11)4-9-5-7-2-3-8(14-7)10(12)13/h2-3,6,9,11H,4-5H2,1H3/t6-/m0/s1. The summed E-state index contributed by atoms with van der Waals surface area (Å²) in [7, 11) is 0. The van der Waals surface area contributed by atoms with E-state index in [0.29, 0.717) is 18.8 Å². The van der Waals surface area contributed by atoms with Gasteiger partial charge in [-0.1, -0.05) is 0 Å². The summed E-state index contributed by atoms with van der Waals surface area (Å²) in [5.41, 5.74) is 0. The first-order chi connectivity index (χ1) is 6.59. The maximum absolute atomic E-state index is 10.2. The summed E-state index contributed by atoms with van der Waals surface area (Å²) in [6.07, 6.45) is -0.444. The molecule has 78 valence electrons. The van der Waals surface area contributed by atoms with Crippen molar-refractivity contribution in [3.63, 3.8) is 0 Å². The summed E-state index contributed by atoms with van der Waals surface area (Å²) < 4.78 is 4.88. The van der Waals surface area contributed by atoms with Crippen molar-refractivity contribution in [1.82, 2.24) is 5.32 Å². The zero-order chi connectivity index (χ0) is 10.6. The largest absolute Gasteiger partial charge is 0.433 e. The van der Waals surface area contributed by atoms with Gasteiger partial charge in [-0.25, -0.2) is 0 Å². The van der Waals surface area contributed by atoms with Crippen LogP contribution in [0.15, 0.2) is 16.5 Å². The van der Waals surface area contributed by atoms with E-state index >= 15 is 0 Å². The highest BCUT2D eigenvalue weighted by Crippen LogP contribution is 2.14. The second-order valence-corrected chi connectivity index (χ2v) is 2.98. The van der Waals surface area contributed by atoms with Crippen LogP contribution in [0.25, 0.3) is 0 Å². The van der Waals surface area contributed by atoms with Gasteiger partial charge in [0.2, 0.25) is 0 Å². The van der Waals surface area contributed by atoms with Crippen molar-refractivity contribution in [1.29, 1.82) is 0 Å². The SMILES string of the molecule is C[C@H](O)CNCc1ccc([N+](=O)[O-])o1. The molecule has 6 nitrogen and oxygen atoms in total. The van der Waals surface area contributed by atoms with Crippen LogP contribution in [0.4, 0.5) is 5.88 Å². The Bertz CT molecular complexity index is 308. The summed E-state index contributed by atoms with van der Waals surface area (Å²) in [4.78, 5) is 9.66. The molecule has 1 atom stereocenters. The minimum Gasteiger partial charge on any atom is -0.404 e. The molecule has 0 aliphatic heterocycles. The Morgan fingerprint density at radius 1 is 1.71 bits per heavy atom. The van der Waals surface area contributed by atoms with Gasteiger partial charge in [-0.15, -0.1) is 0 Å². The molecule has 0 bridgehead atoms. The van der Waals surface area contributed by atoms with E-state index in [-0.39, 0.29) is 5.88 Å². The van der Waals surface area contributed by atoms with Crippen molar-refractivity contribution >= 4 is 5.88 Å². The van der Waals surface area contributed by atoms with Gasteiger partial charge >= 0.3 is 5.88 Å². The first-order valence-electron chi connectivity index (χ1n) is 4.21. The van der Waals surface area contributed by atoms with Crippen LogP contribution in [0.5, 0.6) is 0 Å². The van der Waals surface area contributed by atoms with Gasteiger partial charge in [0.05, 0.1) is 18.7 Å². The third-order valence-electron chi connectivity index (χ3n) is 1.57. The number of aliphatic hydroxyl groups excluding tert-OH is 1. The molecule has 0 aromatic carbocycles. The lowest BCUT2D eigenvalue weighted by molar-refractivity contribution is -0.402. The Morgan fingerprint density at radius 2 is 2.43 bits per heavy atom. The molecule has 0 aliphatic rings. The van der Waals surface area contributed by atoms with E-state index in [1.807, 2.05) is 0 Å². The molecule has 0 saturated heterocycles. The molecule has 2 N–H and O–H groups in total. The number of hydrogen-bond acceptors (Lipinski definition) is 5. The second kappa shape index (κ2) is 4.73. The first kappa shape index (κ1) is 10.7. The van der Waals surface area contributed by atoms with Gasteiger partial charge in [-0.2, -0.15) is 0 Å². The van der Waals surface area contributed by atoms with Crippen LogP contribution < -0.4 is 5.32 Å². The van der Waals surface area contributed by atoms with E-state index in [9.17, 15) is 10.1 Å². The van der Waals surface area contributed by atoms with E-state index in [0.717, 1.165) is 0 Å². The first-order valence-corrected chi connectivity index (χ1v) is 4.21. The van der Waals surface area contributed by atoms with Crippen LogP contribution in [0.3, 0.4) is 0 Å². The van der Waals surface area contributed by atoms with Crippen molar-refractivity contribution in [3.8, 4) is 0 Å². The number of rotatable bonds is 5. The molecule has 0 spiro atoms. The fraction of sp³-hybridized carbons (Fsp3) is 0.500. The van der Waals surface area contributed by atoms with Crippen LogP contribution in [0.1, 0.15) is 12.7 Å². The van der Waals surface area contributed by atoms with Crippen molar-refractivity contribution in [3.05, 3.63) is 28.0 Å². The summed E-state index contributed by atoms with van der Waals surface area (Å²) in [5, 5.41) is 22.1. The second-order valence-electron chi connectivity index (χ2n) is 2.98. The maximum Gasteiger partial charge on any atom is 0.433 e. The van der Waals surface area contributed by atoms with E-state index < -0.39 is 11.0 Å². The van der Waals surface area contributed by atoms with E-state index in [2.05, 4.69) is 5.32 Å². The van der Waals surface area contributed by atoms with Gasteiger partial charge in [0.15, 0.2) is 0 Å². The van der Waals surface area contributed by atoms with E-state index in [4.69, 9.17) is 9.52 Å². The Labute approximate surface area is 80.7 Å². The van der Waals surface area contributed by atoms with Gasteiger partial charge < -0.3 is 14.8 Å². The van der Waals surface area contributed by atoms with Crippen molar-refractivity contribution in [2.75, 3.05) is 6.54 Å². The third-order valence-corrected chi connectivity index (χ3v) is 1.57. The van der Waals surface area contributed by atoms with Crippen molar-refractivity contribution < 1.29 is 14.4 Å². The van der Waals surface area contributed by atoms with Crippen molar-refractivity contribution in [2.45, 2.75) is 19.6 Å². The number of nitrogens with one attached hydrogen (secondary N) is 1. The minimum absolute atomic E-state index is 0.265. The van der Waals surface area contributed by atoms with Crippen LogP contribution in [-0.4, -0.2) is 22.7 Å². The molecule has 0 radical (unpaired) electrons. The van der Waals surface area contributed by atoms with Crippen LogP contribution in [0.2, 0.25) is 0 Å². The molecule has 0 aliphatic carbocycles. The highest BCUT2D eigenvalue weighted by Gasteiger charge is 2.11. The number of aliphatic hydroxyl groups is 1. The Hall–Kier alpha value is -1.40. The summed E-state index contributed by atoms with van der Waals surface area (Å²) in [6.45, 7) is 2.45. The highest BCUT2D eigenvalue weighted by molar-refractivity contribution is 5.17. The van der Waals surface area contributed by atoms with Gasteiger partial charge in [0.25, 0.3) is 0 Å². The molecular formula is C8H12N2O4. The van der Waals surface area contributed by atoms with Gasteiger partial charge in [-0.05, 0) is 13.0 Å².